The molecule has 0 radical (unpaired) electrons. The Hall–Kier alpha value is -2.58. The minimum atomic E-state index is -2.06. The average Bonchev–Trinajstić information content (AvgIpc) is 2.87. The molecular formula is C15H14N2O6. The molecule has 0 aliphatic carbocycles. The van der Waals surface area contributed by atoms with Crippen LogP contribution < -0.4 is 10.6 Å². The van der Waals surface area contributed by atoms with Crippen LogP contribution in [-0.2, 0) is 30.4 Å². The fraction of sp³-hybridized carbons (Fsp3) is 0.333. The van der Waals surface area contributed by atoms with Gasteiger partial charge in [-0.25, -0.2) is 0 Å². The van der Waals surface area contributed by atoms with E-state index in [1.807, 2.05) is 10.6 Å². The van der Waals surface area contributed by atoms with Gasteiger partial charge in [0.05, 0.1) is 12.8 Å². The summed E-state index contributed by atoms with van der Waals surface area (Å²) < 4.78 is 0. The number of imide groups is 2. The number of hydrogen-bond acceptors (Lipinski definition) is 6. The molecule has 120 valence electrons. The molecule has 8 heteroatoms. The Labute approximate surface area is 130 Å². The second kappa shape index (κ2) is 4.71. The third-order valence-corrected chi connectivity index (χ3v) is 4.25. The normalized spacial score (nSPS) is 30.6. The zero-order chi connectivity index (χ0) is 17.0. The van der Waals surface area contributed by atoms with Gasteiger partial charge >= 0.3 is 0 Å². The van der Waals surface area contributed by atoms with Crippen LogP contribution in [0.1, 0.15) is 29.5 Å². The molecule has 23 heavy (non-hydrogen) atoms. The van der Waals surface area contributed by atoms with E-state index >= 15 is 0 Å². The lowest BCUT2D eigenvalue weighted by Gasteiger charge is -2.25. The van der Waals surface area contributed by atoms with Crippen LogP contribution in [0.25, 0.3) is 0 Å². The van der Waals surface area contributed by atoms with E-state index in [1.165, 1.54) is 18.2 Å². The Morgan fingerprint density at radius 2 is 1.43 bits per heavy atom. The lowest BCUT2D eigenvalue weighted by Crippen LogP contribution is -2.38. The van der Waals surface area contributed by atoms with Crippen molar-refractivity contribution in [3.8, 4) is 0 Å². The molecule has 0 spiro atoms. The summed E-state index contributed by atoms with van der Waals surface area (Å²) in [5.74, 6) is -2.96. The van der Waals surface area contributed by atoms with E-state index in [-0.39, 0.29) is 11.1 Å². The van der Waals surface area contributed by atoms with E-state index in [2.05, 4.69) is 0 Å². The average molecular weight is 318 g/mol. The molecule has 0 saturated carbocycles. The molecule has 4 N–H and O–H groups in total. The molecule has 4 amide bonds. The highest BCUT2D eigenvalue weighted by molar-refractivity contribution is 6.09. The van der Waals surface area contributed by atoms with Gasteiger partial charge in [-0.05, 0) is 29.7 Å². The van der Waals surface area contributed by atoms with Crippen molar-refractivity contribution in [3.05, 3.63) is 34.9 Å². The van der Waals surface area contributed by atoms with Crippen molar-refractivity contribution >= 4 is 23.6 Å². The predicted octanol–water partition coefficient (Wildman–Crippen LogP) is -1.54. The van der Waals surface area contributed by atoms with Gasteiger partial charge in [-0.1, -0.05) is 12.1 Å². The van der Waals surface area contributed by atoms with Crippen molar-refractivity contribution in [2.75, 3.05) is 0 Å². The first-order valence-corrected chi connectivity index (χ1v) is 6.92. The molecule has 0 aromatic heterocycles. The van der Waals surface area contributed by atoms with Gasteiger partial charge < -0.3 is 10.2 Å². The third kappa shape index (κ3) is 2.14. The Morgan fingerprint density at radius 1 is 0.913 bits per heavy atom. The maximum Gasteiger partial charge on any atom is 0.263 e. The zero-order valence-electron chi connectivity index (χ0n) is 12.2. The summed E-state index contributed by atoms with van der Waals surface area (Å²) in [4.78, 5) is 46.5. The molecule has 2 unspecified atom stereocenters. The van der Waals surface area contributed by atoms with Crippen molar-refractivity contribution in [2.45, 2.75) is 31.0 Å². The molecule has 1 aromatic rings. The van der Waals surface area contributed by atoms with Gasteiger partial charge in [0.2, 0.25) is 11.8 Å². The summed E-state index contributed by atoms with van der Waals surface area (Å²) in [6, 6.07) is 4.23. The quantitative estimate of drug-likeness (QED) is 0.489. The molecule has 1 aromatic carbocycles. The van der Waals surface area contributed by atoms with Crippen molar-refractivity contribution in [1.29, 1.82) is 0 Å². The number of carbonyl (C=O) groups excluding carboxylic acids is 4. The Bertz CT molecular complexity index is 773. The second-order valence-electron chi connectivity index (χ2n) is 5.86. The number of carbonyl (C=O) groups is 4. The van der Waals surface area contributed by atoms with E-state index in [9.17, 15) is 29.4 Å². The molecule has 2 heterocycles. The summed E-state index contributed by atoms with van der Waals surface area (Å²) in [6.07, 6.45) is -0.891. The molecule has 0 bridgehead atoms. The minimum absolute atomic E-state index is 0.0713. The molecule has 3 rings (SSSR count). The number of rotatable bonds is 2. The highest BCUT2D eigenvalue weighted by Gasteiger charge is 2.50. The molecule has 2 saturated heterocycles. The fourth-order valence-electron chi connectivity index (χ4n) is 2.95. The van der Waals surface area contributed by atoms with Gasteiger partial charge in [0, 0.05) is 0 Å². The maximum atomic E-state index is 11.9. The summed E-state index contributed by atoms with van der Waals surface area (Å²) in [6.45, 7) is 1.62. The second-order valence-corrected chi connectivity index (χ2v) is 5.86. The van der Waals surface area contributed by atoms with Gasteiger partial charge in [0.1, 0.15) is 0 Å². The highest BCUT2D eigenvalue weighted by Crippen LogP contribution is 2.36. The van der Waals surface area contributed by atoms with Crippen LogP contribution >= 0.6 is 0 Å². The summed E-state index contributed by atoms with van der Waals surface area (Å²) >= 11 is 0. The van der Waals surface area contributed by atoms with E-state index in [4.69, 9.17) is 0 Å². The van der Waals surface area contributed by atoms with Crippen molar-refractivity contribution in [3.63, 3.8) is 0 Å². The molecule has 8 nitrogen and oxygen atoms in total. The SMILES string of the molecule is Cc1ccc(C2(O)CC(=O)NC2=O)cc1C1(O)CC(=O)NC1=O. The largest absolute Gasteiger partial charge is 0.375 e. The molecule has 2 atom stereocenters. The summed E-state index contributed by atoms with van der Waals surface area (Å²) in [7, 11) is 0. The number of aryl methyl sites for hydroxylation is 1. The zero-order valence-corrected chi connectivity index (χ0v) is 12.2. The number of aliphatic hydroxyl groups is 2. The fourth-order valence-corrected chi connectivity index (χ4v) is 2.95. The third-order valence-electron chi connectivity index (χ3n) is 4.25. The predicted molar refractivity (Wildman–Crippen MR) is 74.5 cm³/mol. The van der Waals surface area contributed by atoms with E-state index in [0.717, 1.165) is 0 Å². The monoisotopic (exact) mass is 318 g/mol. The number of amides is 4. The van der Waals surface area contributed by atoms with Gasteiger partial charge in [0.15, 0.2) is 11.2 Å². The maximum absolute atomic E-state index is 11.9. The Morgan fingerprint density at radius 3 is 1.91 bits per heavy atom. The first-order chi connectivity index (χ1) is 10.7. The molecule has 2 aliphatic heterocycles. The van der Waals surface area contributed by atoms with E-state index < -0.39 is 47.7 Å². The Kier molecular flexibility index (Phi) is 3.13. The first kappa shape index (κ1) is 15.3. The number of hydrogen-bond donors (Lipinski definition) is 4. The number of nitrogens with one attached hydrogen (secondary N) is 2. The van der Waals surface area contributed by atoms with Crippen LogP contribution in [0.5, 0.6) is 0 Å². The highest BCUT2D eigenvalue weighted by atomic mass is 16.3. The first-order valence-electron chi connectivity index (χ1n) is 6.92. The number of benzene rings is 1. The lowest BCUT2D eigenvalue weighted by molar-refractivity contribution is -0.136. The van der Waals surface area contributed by atoms with Crippen molar-refractivity contribution in [2.24, 2.45) is 0 Å². The summed E-state index contributed by atoms with van der Waals surface area (Å²) in [5, 5.41) is 25.1. The molecular weight excluding hydrogens is 304 g/mol. The molecule has 2 aliphatic rings. The minimum Gasteiger partial charge on any atom is -0.375 e. The van der Waals surface area contributed by atoms with Crippen LogP contribution in [0.3, 0.4) is 0 Å². The van der Waals surface area contributed by atoms with Crippen LogP contribution in [0.4, 0.5) is 0 Å². The molecule has 2 fully saturated rings. The van der Waals surface area contributed by atoms with Gasteiger partial charge in [0.25, 0.3) is 11.8 Å². The van der Waals surface area contributed by atoms with Gasteiger partial charge in [-0.15, -0.1) is 0 Å². The van der Waals surface area contributed by atoms with E-state index in [1.54, 1.807) is 6.92 Å². The standard InChI is InChI=1S/C15H14N2O6/c1-7-2-3-8(14(22)5-10(18)16-12(14)20)4-9(7)15(23)6-11(19)17-13(15)21/h2-4,22-23H,5-6H2,1H3,(H,16,18,20)(H,17,19,21). The Balaban J connectivity index is 2.11. The van der Waals surface area contributed by atoms with Crippen LogP contribution in [0.15, 0.2) is 18.2 Å². The van der Waals surface area contributed by atoms with Gasteiger partial charge in [-0.2, -0.15) is 0 Å². The van der Waals surface area contributed by atoms with Crippen molar-refractivity contribution < 1.29 is 29.4 Å². The van der Waals surface area contributed by atoms with E-state index in [0.29, 0.717) is 5.56 Å². The van der Waals surface area contributed by atoms with Crippen LogP contribution in [0.2, 0.25) is 0 Å². The van der Waals surface area contributed by atoms with Crippen molar-refractivity contribution in [1.82, 2.24) is 10.6 Å². The van der Waals surface area contributed by atoms with Gasteiger partial charge in [-0.3, -0.25) is 29.8 Å². The smallest absolute Gasteiger partial charge is 0.263 e. The van der Waals surface area contributed by atoms with Crippen LogP contribution in [-0.4, -0.2) is 33.8 Å². The topological polar surface area (TPSA) is 133 Å². The lowest BCUT2D eigenvalue weighted by atomic mass is 9.83. The van der Waals surface area contributed by atoms with Crippen LogP contribution in [0, 0.1) is 6.92 Å². The summed E-state index contributed by atoms with van der Waals surface area (Å²) in [5.41, 5.74) is -3.43.